The number of imide groups is 1. The largest absolute Gasteiger partial charge is 0.544 e. The van der Waals surface area contributed by atoms with Crippen LogP contribution in [0.15, 0.2) is 54.3 Å². The summed E-state index contributed by atoms with van der Waals surface area (Å²) in [5.41, 5.74) is -0.0496. The third-order valence-corrected chi connectivity index (χ3v) is 11.5. The van der Waals surface area contributed by atoms with Crippen LogP contribution in [-0.2, 0) is 20.5 Å². The van der Waals surface area contributed by atoms with Crippen molar-refractivity contribution >= 4 is 43.1 Å². The number of allylic oxidation sites excluding steroid dienone is 1. The van der Waals surface area contributed by atoms with E-state index in [9.17, 15) is 9.59 Å². The molecule has 3 rings (SSSR count). The number of hydrogen-bond donors (Lipinski definition) is 0. The smallest absolute Gasteiger partial charge is 0.420 e. The third-order valence-electron chi connectivity index (χ3n) is 6.50. The summed E-state index contributed by atoms with van der Waals surface area (Å²) >= 11 is 2.26. The first-order valence-electron chi connectivity index (χ1n) is 10.9. The number of carbonyl (C=O) groups is 2. The van der Waals surface area contributed by atoms with Gasteiger partial charge in [-0.25, -0.2) is 9.59 Å². The number of nitrogens with zero attached hydrogens (tertiary/aromatic N) is 1. The van der Waals surface area contributed by atoms with Gasteiger partial charge in [0, 0.05) is 10.8 Å². The number of benzene rings is 1. The van der Waals surface area contributed by atoms with E-state index < -0.39 is 32.1 Å². The minimum atomic E-state index is -2.00. The Morgan fingerprint density at radius 3 is 2.53 bits per heavy atom. The zero-order valence-corrected chi connectivity index (χ0v) is 22.5. The first kappa shape index (κ1) is 24.8. The standard InChI is InChI=1S/C24H32INO5Si/c1-23(2,3)32(4,5)31-19-11-14-24(15-12-19)20(13-16-25)30-22(28)26(24)21(27)29-17-18-9-7-6-8-10-18/h6-12,14,20H,13,15-17H2,1-5H3/t20-,24?/m1/s1. The highest BCUT2D eigenvalue weighted by atomic mass is 127. The maximum absolute atomic E-state index is 13.0. The molecule has 0 saturated carbocycles. The molecule has 1 spiro atoms. The second-order valence-electron chi connectivity index (χ2n) is 9.72. The quantitative estimate of drug-likeness (QED) is 0.220. The minimum absolute atomic E-state index is 0.0697. The van der Waals surface area contributed by atoms with Crippen LogP contribution in [0.3, 0.4) is 0 Å². The van der Waals surface area contributed by atoms with E-state index in [-0.39, 0.29) is 11.6 Å². The molecule has 2 amide bonds. The third kappa shape index (κ3) is 5.06. The molecule has 8 heteroatoms. The average Bonchev–Trinajstić information content (AvgIpc) is 2.99. The summed E-state index contributed by atoms with van der Waals surface area (Å²) in [4.78, 5) is 26.9. The van der Waals surface area contributed by atoms with E-state index in [2.05, 4.69) is 56.5 Å². The number of hydrogen-bond acceptors (Lipinski definition) is 5. The van der Waals surface area contributed by atoms with E-state index in [0.717, 1.165) is 20.7 Å². The first-order valence-corrected chi connectivity index (χ1v) is 15.3. The van der Waals surface area contributed by atoms with Gasteiger partial charge >= 0.3 is 12.2 Å². The van der Waals surface area contributed by atoms with Gasteiger partial charge in [0.25, 0.3) is 0 Å². The number of rotatable bonds is 6. The predicted octanol–water partition coefficient (Wildman–Crippen LogP) is 6.57. The summed E-state index contributed by atoms with van der Waals surface area (Å²) in [6, 6.07) is 9.40. The molecule has 6 nitrogen and oxygen atoms in total. The molecule has 1 fully saturated rings. The highest BCUT2D eigenvalue weighted by molar-refractivity contribution is 14.1. The molecule has 0 bridgehead atoms. The van der Waals surface area contributed by atoms with Crippen molar-refractivity contribution in [2.45, 2.75) is 70.0 Å². The Kier molecular flexibility index (Phi) is 7.43. The Hall–Kier alpha value is -1.81. The zero-order chi connectivity index (χ0) is 23.6. The van der Waals surface area contributed by atoms with Crippen molar-refractivity contribution in [3.63, 3.8) is 0 Å². The van der Waals surface area contributed by atoms with Crippen molar-refractivity contribution in [3.05, 3.63) is 59.9 Å². The molecule has 1 aliphatic heterocycles. The van der Waals surface area contributed by atoms with Crippen molar-refractivity contribution in [2.24, 2.45) is 0 Å². The average molecular weight is 570 g/mol. The fourth-order valence-electron chi connectivity index (χ4n) is 3.58. The summed E-state index contributed by atoms with van der Waals surface area (Å²) in [5.74, 6) is 0.785. The molecule has 1 saturated heterocycles. The second-order valence-corrected chi connectivity index (χ2v) is 15.5. The second kappa shape index (κ2) is 9.58. The fourth-order valence-corrected chi connectivity index (χ4v) is 5.19. The molecule has 2 aliphatic rings. The van der Waals surface area contributed by atoms with Gasteiger partial charge in [-0.1, -0.05) is 79.8 Å². The maximum Gasteiger partial charge on any atom is 0.420 e. The molecule has 1 aliphatic carbocycles. The summed E-state index contributed by atoms with van der Waals surface area (Å²) in [6.07, 6.45) is 5.03. The highest BCUT2D eigenvalue weighted by Crippen LogP contribution is 2.43. The maximum atomic E-state index is 13.0. The predicted molar refractivity (Wildman–Crippen MR) is 135 cm³/mol. The summed E-state index contributed by atoms with van der Waals surface area (Å²) in [7, 11) is -2.00. The van der Waals surface area contributed by atoms with Crippen LogP contribution in [0.2, 0.25) is 18.1 Å². The Bertz CT molecular complexity index is 909. The molecule has 32 heavy (non-hydrogen) atoms. The van der Waals surface area contributed by atoms with Crippen LogP contribution in [0.4, 0.5) is 9.59 Å². The van der Waals surface area contributed by atoms with Crippen LogP contribution in [0.25, 0.3) is 0 Å². The highest BCUT2D eigenvalue weighted by Gasteiger charge is 2.57. The Labute approximate surface area is 205 Å². The lowest BCUT2D eigenvalue weighted by Gasteiger charge is -2.39. The van der Waals surface area contributed by atoms with Crippen molar-refractivity contribution in [1.82, 2.24) is 4.90 Å². The van der Waals surface area contributed by atoms with Crippen LogP contribution < -0.4 is 0 Å². The van der Waals surface area contributed by atoms with Crippen molar-refractivity contribution in [2.75, 3.05) is 4.43 Å². The van der Waals surface area contributed by atoms with Gasteiger partial charge in [0.05, 0.1) is 5.76 Å². The van der Waals surface area contributed by atoms with Gasteiger partial charge in [-0.2, -0.15) is 4.90 Å². The van der Waals surface area contributed by atoms with Crippen LogP contribution >= 0.6 is 22.6 Å². The van der Waals surface area contributed by atoms with E-state index in [0.29, 0.717) is 12.8 Å². The molecule has 1 unspecified atom stereocenters. The normalized spacial score (nSPS) is 23.2. The van der Waals surface area contributed by atoms with Crippen molar-refractivity contribution in [3.8, 4) is 0 Å². The van der Waals surface area contributed by atoms with E-state index >= 15 is 0 Å². The summed E-state index contributed by atoms with van der Waals surface area (Å²) in [6.45, 7) is 11.1. The lowest BCUT2D eigenvalue weighted by molar-refractivity contribution is 0.0834. The molecule has 174 valence electrons. The van der Waals surface area contributed by atoms with Crippen LogP contribution in [0.1, 0.15) is 39.2 Å². The van der Waals surface area contributed by atoms with E-state index in [1.165, 1.54) is 0 Å². The monoisotopic (exact) mass is 569 g/mol. The molecule has 1 aromatic carbocycles. The van der Waals surface area contributed by atoms with Crippen LogP contribution in [0.5, 0.6) is 0 Å². The Morgan fingerprint density at radius 1 is 1.28 bits per heavy atom. The lowest BCUT2D eigenvalue weighted by Crippen LogP contribution is -2.53. The molecule has 1 aromatic rings. The number of halogens is 1. The molecule has 0 aromatic heterocycles. The molecule has 0 N–H and O–H groups in total. The SMILES string of the molecule is CC(C)(C)[Si](C)(C)OC1=CCC2(C=C1)[C@@H](CCI)OC(=O)N2C(=O)OCc1ccccc1. The topological polar surface area (TPSA) is 65.1 Å². The number of alkyl halides is 1. The molecule has 0 radical (unpaired) electrons. The van der Waals surface area contributed by atoms with Gasteiger partial charge < -0.3 is 13.9 Å². The van der Waals surface area contributed by atoms with Crippen LogP contribution in [0, 0.1) is 0 Å². The first-order chi connectivity index (χ1) is 15.0. The molecule has 2 atom stereocenters. The Balaban J connectivity index is 1.81. The van der Waals surface area contributed by atoms with Gasteiger partial charge in [0.2, 0.25) is 8.32 Å². The number of amides is 2. The van der Waals surface area contributed by atoms with Gasteiger partial charge in [-0.05, 0) is 42.3 Å². The fraction of sp³-hybridized carbons (Fsp3) is 0.500. The van der Waals surface area contributed by atoms with Crippen LogP contribution in [-0.4, -0.2) is 41.5 Å². The summed E-state index contributed by atoms with van der Waals surface area (Å²) in [5, 5.41) is 0.0697. The lowest BCUT2D eigenvalue weighted by atomic mass is 9.83. The molecular formula is C24H32INO5Si. The van der Waals surface area contributed by atoms with E-state index in [1.54, 1.807) is 0 Å². The zero-order valence-electron chi connectivity index (χ0n) is 19.4. The van der Waals surface area contributed by atoms with Gasteiger partial charge in [-0.3, -0.25) is 0 Å². The summed E-state index contributed by atoms with van der Waals surface area (Å²) < 4.78 is 18.4. The van der Waals surface area contributed by atoms with E-state index in [1.807, 2.05) is 48.6 Å². The van der Waals surface area contributed by atoms with E-state index in [4.69, 9.17) is 13.9 Å². The van der Waals surface area contributed by atoms with Gasteiger partial charge in [-0.15, -0.1) is 0 Å². The van der Waals surface area contributed by atoms with Gasteiger partial charge in [0.15, 0.2) is 0 Å². The Morgan fingerprint density at radius 2 is 1.97 bits per heavy atom. The number of carbonyl (C=O) groups excluding carboxylic acids is 2. The van der Waals surface area contributed by atoms with Crippen molar-refractivity contribution < 1.29 is 23.5 Å². The van der Waals surface area contributed by atoms with Crippen molar-refractivity contribution in [1.29, 1.82) is 0 Å². The number of ether oxygens (including phenoxy) is 2. The minimum Gasteiger partial charge on any atom is -0.544 e. The number of cyclic esters (lactones) is 1. The van der Waals surface area contributed by atoms with Gasteiger partial charge in [0.1, 0.15) is 18.2 Å². The molecule has 1 heterocycles. The molecular weight excluding hydrogens is 537 g/mol.